The normalized spacial score (nSPS) is 10.3. The van der Waals surface area contributed by atoms with Crippen molar-refractivity contribution in [1.29, 1.82) is 0 Å². The number of carbonyl (C=O) groups is 1. The maximum Gasteiger partial charge on any atom is 0.254 e. The summed E-state index contributed by atoms with van der Waals surface area (Å²) in [5.41, 5.74) is 1.81. The van der Waals surface area contributed by atoms with Crippen LogP contribution < -0.4 is 10.6 Å². The van der Waals surface area contributed by atoms with Gasteiger partial charge in [-0.05, 0) is 35.9 Å². The number of rotatable bonds is 5. The summed E-state index contributed by atoms with van der Waals surface area (Å²) in [6.45, 7) is 0.384. The smallest absolute Gasteiger partial charge is 0.254 e. The third-order valence-electron chi connectivity index (χ3n) is 3.29. The Hall–Kier alpha value is -3.06. The Labute approximate surface area is 148 Å². The van der Waals surface area contributed by atoms with Gasteiger partial charge in [-0.3, -0.25) is 9.78 Å². The minimum absolute atomic E-state index is 0.00268. The molecule has 0 atom stereocenters. The number of nitrogens with one attached hydrogen (secondary N) is 2. The molecule has 0 aliphatic heterocycles. The van der Waals surface area contributed by atoms with Crippen molar-refractivity contribution in [2.75, 3.05) is 5.32 Å². The van der Waals surface area contributed by atoms with E-state index in [0.29, 0.717) is 17.8 Å². The average Bonchev–Trinajstić information content (AvgIpc) is 2.64. The second-order valence-electron chi connectivity index (χ2n) is 5.09. The Balaban J connectivity index is 1.61. The molecule has 0 spiro atoms. The zero-order valence-electron chi connectivity index (χ0n) is 12.9. The summed E-state index contributed by atoms with van der Waals surface area (Å²) >= 11 is 5.72. The summed E-state index contributed by atoms with van der Waals surface area (Å²) < 4.78 is 13.1. The maximum atomic E-state index is 13.1. The maximum absolute atomic E-state index is 13.1. The highest BCUT2D eigenvalue weighted by molar-refractivity contribution is 6.31. The van der Waals surface area contributed by atoms with Crippen LogP contribution in [0.5, 0.6) is 0 Å². The molecule has 0 bridgehead atoms. The number of aromatic nitrogens is 3. The van der Waals surface area contributed by atoms with Crippen molar-refractivity contribution < 1.29 is 9.18 Å². The fourth-order valence-electron chi connectivity index (χ4n) is 2.00. The molecule has 2 N–H and O–H groups in total. The Morgan fingerprint density at radius 3 is 2.52 bits per heavy atom. The molecule has 8 heteroatoms. The number of halogens is 2. The first kappa shape index (κ1) is 16.8. The van der Waals surface area contributed by atoms with Gasteiger partial charge in [0.2, 0.25) is 5.95 Å². The van der Waals surface area contributed by atoms with Crippen LogP contribution >= 0.6 is 11.6 Å². The van der Waals surface area contributed by atoms with Gasteiger partial charge >= 0.3 is 0 Å². The molecule has 126 valence electrons. The second kappa shape index (κ2) is 7.67. The van der Waals surface area contributed by atoms with Crippen LogP contribution in [-0.2, 0) is 6.54 Å². The van der Waals surface area contributed by atoms with Crippen LogP contribution in [0.25, 0.3) is 0 Å². The number of amides is 1. The molecule has 0 aliphatic rings. The molecular formula is C17H13ClFN5O. The van der Waals surface area contributed by atoms with Crippen molar-refractivity contribution in [3.8, 4) is 0 Å². The number of benzene rings is 1. The Kier molecular flexibility index (Phi) is 5.15. The fourth-order valence-corrected chi connectivity index (χ4v) is 2.18. The lowest BCUT2D eigenvalue weighted by Gasteiger charge is -2.07. The summed E-state index contributed by atoms with van der Waals surface area (Å²) in [6.07, 6.45) is 6.13. The van der Waals surface area contributed by atoms with Crippen LogP contribution in [0.3, 0.4) is 0 Å². The van der Waals surface area contributed by atoms with Crippen LogP contribution in [0.1, 0.15) is 15.9 Å². The molecule has 0 saturated carbocycles. The lowest BCUT2D eigenvalue weighted by atomic mass is 10.2. The molecule has 3 rings (SSSR count). The van der Waals surface area contributed by atoms with Gasteiger partial charge < -0.3 is 10.6 Å². The van der Waals surface area contributed by atoms with Gasteiger partial charge in [0.1, 0.15) is 5.82 Å². The molecule has 6 nitrogen and oxygen atoms in total. The largest absolute Gasteiger partial charge is 0.348 e. The molecule has 0 radical (unpaired) electrons. The molecule has 1 amide bonds. The van der Waals surface area contributed by atoms with Crippen molar-refractivity contribution in [2.45, 2.75) is 6.54 Å². The van der Waals surface area contributed by atoms with Crippen LogP contribution in [0, 0.1) is 5.82 Å². The summed E-state index contributed by atoms with van der Waals surface area (Å²) in [4.78, 5) is 24.1. The van der Waals surface area contributed by atoms with Gasteiger partial charge in [0, 0.05) is 37.0 Å². The van der Waals surface area contributed by atoms with E-state index in [-0.39, 0.29) is 16.9 Å². The van der Waals surface area contributed by atoms with Gasteiger partial charge in [0.15, 0.2) is 0 Å². The molecule has 2 heterocycles. The Bertz CT molecular complexity index is 874. The van der Waals surface area contributed by atoms with Crippen molar-refractivity contribution in [1.82, 2.24) is 20.3 Å². The molecular weight excluding hydrogens is 345 g/mol. The van der Waals surface area contributed by atoms with Crippen molar-refractivity contribution in [2.24, 2.45) is 0 Å². The van der Waals surface area contributed by atoms with Gasteiger partial charge in [-0.2, -0.15) is 0 Å². The van der Waals surface area contributed by atoms with Crippen LogP contribution in [0.2, 0.25) is 5.02 Å². The number of hydrogen-bond acceptors (Lipinski definition) is 5. The fraction of sp³-hybridized carbons (Fsp3) is 0.0588. The molecule has 0 saturated heterocycles. The Morgan fingerprint density at radius 1 is 1.12 bits per heavy atom. The van der Waals surface area contributed by atoms with E-state index in [1.807, 2.05) is 12.1 Å². The molecule has 1 aromatic carbocycles. The highest BCUT2D eigenvalue weighted by Gasteiger charge is 2.08. The number of nitrogens with zero attached hydrogens (tertiary/aromatic N) is 3. The van der Waals surface area contributed by atoms with E-state index in [2.05, 4.69) is 25.6 Å². The predicted octanol–water partition coefficient (Wildman–Crippen LogP) is 3.34. The van der Waals surface area contributed by atoms with Gasteiger partial charge in [-0.15, -0.1) is 0 Å². The van der Waals surface area contributed by atoms with Crippen molar-refractivity contribution in [3.05, 3.63) is 77.1 Å². The molecule has 0 aliphatic carbocycles. The SMILES string of the molecule is O=C(NCc1ccncc1)c1cnc(Nc2ccc(F)c(Cl)c2)nc1. The van der Waals surface area contributed by atoms with E-state index in [1.165, 1.54) is 30.6 Å². The molecule has 0 fully saturated rings. The summed E-state index contributed by atoms with van der Waals surface area (Å²) in [5, 5.41) is 5.65. The highest BCUT2D eigenvalue weighted by atomic mass is 35.5. The van der Waals surface area contributed by atoms with Gasteiger partial charge in [0.05, 0.1) is 10.6 Å². The van der Waals surface area contributed by atoms with E-state index in [4.69, 9.17) is 11.6 Å². The zero-order valence-corrected chi connectivity index (χ0v) is 13.7. The minimum Gasteiger partial charge on any atom is -0.348 e. The third-order valence-corrected chi connectivity index (χ3v) is 3.58. The lowest BCUT2D eigenvalue weighted by molar-refractivity contribution is 0.0950. The van der Waals surface area contributed by atoms with E-state index in [1.54, 1.807) is 12.4 Å². The van der Waals surface area contributed by atoms with E-state index >= 15 is 0 Å². The number of hydrogen-bond donors (Lipinski definition) is 2. The zero-order chi connectivity index (χ0) is 17.6. The second-order valence-corrected chi connectivity index (χ2v) is 5.49. The summed E-state index contributed by atoms with van der Waals surface area (Å²) in [7, 11) is 0. The third kappa shape index (κ3) is 4.48. The number of anilines is 2. The van der Waals surface area contributed by atoms with Crippen molar-refractivity contribution >= 4 is 29.1 Å². The topological polar surface area (TPSA) is 79.8 Å². The quantitative estimate of drug-likeness (QED) is 0.732. The summed E-state index contributed by atoms with van der Waals surface area (Å²) in [5.74, 6) is -0.518. The van der Waals surface area contributed by atoms with Gasteiger partial charge in [-0.25, -0.2) is 14.4 Å². The molecule has 2 aromatic heterocycles. The first-order valence-electron chi connectivity index (χ1n) is 7.33. The molecule has 0 unspecified atom stereocenters. The first-order chi connectivity index (χ1) is 12.1. The monoisotopic (exact) mass is 357 g/mol. The minimum atomic E-state index is -0.505. The molecule has 3 aromatic rings. The summed E-state index contributed by atoms with van der Waals surface area (Å²) in [6, 6.07) is 7.82. The van der Waals surface area contributed by atoms with Crippen LogP contribution in [-0.4, -0.2) is 20.9 Å². The van der Waals surface area contributed by atoms with Gasteiger partial charge in [0.25, 0.3) is 5.91 Å². The number of carbonyl (C=O) groups excluding carboxylic acids is 1. The van der Waals surface area contributed by atoms with E-state index in [9.17, 15) is 9.18 Å². The van der Waals surface area contributed by atoms with Crippen LogP contribution in [0.4, 0.5) is 16.0 Å². The van der Waals surface area contributed by atoms with Crippen LogP contribution in [0.15, 0.2) is 55.1 Å². The molecule has 25 heavy (non-hydrogen) atoms. The Morgan fingerprint density at radius 2 is 1.84 bits per heavy atom. The number of pyridine rings is 1. The standard InChI is InChI=1S/C17H13ClFN5O/c18-14-7-13(1-2-15(14)19)24-17-22-9-12(10-23-17)16(25)21-8-11-3-5-20-6-4-11/h1-7,9-10H,8H2,(H,21,25)(H,22,23,24). The highest BCUT2D eigenvalue weighted by Crippen LogP contribution is 2.21. The predicted molar refractivity (Wildman–Crippen MR) is 92.1 cm³/mol. The van der Waals surface area contributed by atoms with Crippen molar-refractivity contribution in [3.63, 3.8) is 0 Å². The van der Waals surface area contributed by atoms with Gasteiger partial charge in [-0.1, -0.05) is 11.6 Å². The lowest BCUT2D eigenvalue weighted by Crippen LogP contribution is -2.23. The van der Waals surface area contributed by atoms with E-state index < -0.39 is 5.82 Å². The van der Waals surface area contributed by atoms with E-state index in [0.717, 1.165) is 5.56 Å². The average molecular weight is 358 g/mol. The first-order valence-corrected chi connectivity index (χ1v) is 7.71.